The lowest BCUT2D eigenvalue weighted by atomic mass is 10.0. The highest BCUT2D eigenvalue weighted by Crippen LogP contribution is 2.33. The summed E-state index contributed by atoms with van der Waals surface area (Å²) < 4.78 is 52.0. The van der Waals surface area contributed by atoms with Crippen molar-refractivity contribution >= 4 is 29.2 Å². The Labute approximate surface area is 167 Å². The van der Waals surface area contributed by atoms with Gasteiger partial charge in [-0.15, -0.1) is 0 Å². The minimum Gasteiger partial charge on any atom is -0.372 e. The van der Waals surface area contributed by atoms with Gasteiger partial charge in [0.25, 0.3) is 11.8 Å². The summed E-state index contributed by atoms with van der Waals surface area (Å²) in [7, 11) is 0. The van der Waals surface area contributed by atoms with Gasteiger partial charge in [-0.3, -0.25) is 14.5 Å². The highest BCUT2D eigenvalue weighted by molar-refractivity contribution is 6.30. The first-order valence-electron chi connectivity index (χ1n) is 8.31. The van der Waals surface area contributed by atoms with E-state index in [-0.39, 0.29) is 30.4 Å². The topological polar surface area (TPSA) is 82.5 Å². The van der Waals surface area contributed by atoms with E-state index in [2.05, 4.69) is 10.3 Å². The summed E-state index contributed by atoms with van der Waals surface area (Å²) in [5, 5.41) is 12.9. The number of hydrogen-bond donors (Lipinski definition) is 2. The Morgan fingerprint density at radius 3 is 2.69 bits per heavy atom. The highest BCUT2D eigenvalue weighted by Gasteiger charge is 2.52. The summed E-state index contributed by atoms with van der Waals surface area (Å²) >= 11 is 5.72. The third kappa shape index (κ3) is 4.33. The third-order valence-corrected chi connectivity index (χ3v) is 4.61. The monoisotopic (exact) mass is 431 g/mol. The standard InChI is InChI=1S/C18H14ClF4N3O3/c19-12-5-10(6-13(20)8-12)9-25-15(27)17(29)2-4-26(16(17)28)14-7-11(1-3-24-14)18(21,22)23/h1,3,5-8,29H,2,4,9H2,(H,25,27). The molecule has 2 aromatic rings. The minimum absolute atomic E-state index is 0.103. The average Bonchev–Trinajstić information content (AvgIpc) is 2.94. The summed E-state index contributed by atoms with van der Waals surface area (Å²) in [5.41, 5.74) is -3.19. The number of carbonyl (C=O) groups is 2. The van der Waals surface area contributed by atoms with E-state index in [1.54, 1.807) is 0 Å². The van der Waals surface area contributed by atoms with Crippen molar-refractivity contribution in [1.82, 2.24) is 10.3 Å². The van der Waals surface area contributed by atoms with Crippen molar-refractivity contribution in [1.29, 1.82) is 0 Å². The number of nitrogens with zero attached hydrogens (tertiary/aromatic N) is 2. The van der Waals surface area contributed by atoms with E-state index in [0.29, 0.717) is 11.6 Å². The highest BCUT2D eigenvalue weighted by atomic mass is 35.5. The van der Waals surface area contributed by atoms with Crippen molar-refractivity contribution in [3.05, 3.63) is 58.5 Å². The molecule has 1 aromatic carbocycles. The number of pyridine rings is 1. The zero-order valence-electron chi connectivity index (χ0n) is 14.6. The summed E-state index contributed by atoms with van der Waals surface area (Å²) in [6.07, 6.45) is -4.10. The molecule has 2 amide bonds. The number of carbonyl (C=O) groups excluding carboxylic acids is 2. The van der Waals surface area contributed by atoms with Gasteiger partial charge >= 0.3 is 6.18 Å². The summed E-state index contributed by atoms with van der Waals surface area (Å²) in [4.78, 5) is 29.5. The van der Waals surface area contributed by atoms with Gasteiger partial charge in [-0.05, 0) is 35.9 Å². The van der Waals surface area contributed by atoms with E-state index >= 15 is 0 Å². The Kier molecular flexibility index (Phi) is 5.50. The molecule has 0 aliphatic carbocycles. The molecule has 2 N–H and O–H groups in total. The van der Waals surface area contributed by atoms with E-state index in [0.717, 1.165) is 29.3 Å². The average molecular weight is 432 g/mol. The third-order valence-electron chi connectivity index (χ3n) is 4.40. The molecule has 1 saturated heterocycles. The van der Waals surface area contributed by atoms with Crippen LogP contribution in [0.1, 0.15) is 17.5 Å². The Morgan fingerprint density at radius 1 is 1.31 bits per heavy atom. The first-order chi connectivity index (χ1) is 13.5. The quantitative estimate of drug-likeness (QED) is 0.576. The van der Waals surface area contributed by atoms with E-state index in [9.17, 15) is 32.3 Å². The number of halogens is 5. The van der Waals surface area contributed by atoms with Gasteiger partial charge in [0.05, 0.1) is 5.56 Å². The zero-order chi connectivity index (χ0) is 21.4. The Bertz CT molecular complexity index is 949. The molecule has 0 radical (unpaired) electrons. The zero-order valence-corrected chi connectivity index (χ0v) is 15.4. The first kappa shape index (κ1) is 21.0. The van der Waals surface area contributed by atoms with Crippen LogP contribution in [0.3, 0.4) is 0 Å². The number of amides is 2. The molecule has 1 aromatic heterocycles. The number of alkyl halides is 3. The molecule has 1 unspecified atom stereocenters. The first-order valence-corrected chi connectivity index (χ1v) is 8.69. The van der Waals surface area contributed by atoms with Crippen LogP contribution < -0.4 is 10.2 Å². The molecule has 3 rings (SSSR count). The van der Waals surface area contributed by atoms with Gasteiger partial charge in [0, 0.05) is 30.7 Å². The van der Waals surface area contributed by atoms with E-state index in [4.69, 9.17) is 11.6 Å². The molecular weight excluding hydrogens is 418 g/mol. The molecular formula is C18H14ClF4N3O3. The van der Waals surface area contributed by atoms with Gasteiger partial charge in [0.1, 0.15) is 11.6 Å². The summed E-state index contributed by atoms with van der Waals surface area (Å²) in [6, 6.07) is 4.99. The number of aromatic nitrogens is 1. The molecule has 1 aliphatic rings. The molecule has 1 aliphatic heterocycles. The van der Waals surface area contributed by atoms with Gasteiger partial charge < -0.3 is 10.4 Å². The molecule has 154 valence electrons. The molecule has 0 spiro atoms. The largest absolute Gasteiger partial charge is 0.416 e. The van der Waals surface area contributed by atoms with Crippen LogP contribution in [-0.4, -0.2) is 34.1 Å². The SMILES string of the molecule is O=C(NCc1cc(F)cc(Cl)c1)C1(O)CCN(c2cc(C(F)(F)F)ccn2)C1=O. The molecule has 29 heavy (non-hydrogen) atoms. The van der Waals surface area contributed by atoms with Gasteiger partial charge in [0.15, 0.2) is 0 Å². The van der Waals surface area contributed by atoms with Crippen LogP contribution in [0.5, 0.6) is 0 Å². The van der Waals surface area contributed by atoms with Crippen LogP contribution >= 0.6 is 11.6 Å². The van der Waals surface area contributed by atoms with Crippen LogP contribution in [0.25, 0.3) is 0 Å². The maximum atomic E-state index is 13.4. The molecule has 0 saturated carbocycles. The van der Waals surface area contributed by atoms with Crippen molar-refractivity contribution in [3.63, 3.8) is 0 Å². The van der Waals surface area contributed by atoms with E-state index in [1.165, 1.54) is 6.07 Å². The number of benzene rings is 1. The molecule has 6 nitrogen and oxygen atoms in total. The van der Waals surface area contributed by atoms with E-state index in [1.807, 2.05) is 0 Å². The number of nitrogens with one attached hydrogen (secondary N) is 1. The molecule has 2 heterocycles. The lowest BCUT2D eigenvalue weighted by Crippen LogP contribution is -2.52. The van der Waals surface area contributed by atoms with Gasteiger partial charge in [-0.2, -0.15) is 13.2 Å². The van der Waals surface area contributed by atoms with Crippen molar-refractivity contribution in [3.8, 4) is 0 Å². The molecule has 11 heteroatoms. The fourth-order valence-electron chi connectivity index (χ4n) is 2.92. The van der Waals surface area contributed by atoms with Crippen LogP contribution in [0, 0.1) is 5.82 Å². The molecule has 1 fully saturated rings. The lowest BCUT2D eigenvalue weighted by molar-refractivity contribution is -0.149. The number of aliphatic hydroxyl groups is 1. The molecule has 0 bridgehead atoms. The fraction of sp³-hybridized carbons (Fsp3) is 0.278. The Hall–Kier alpha value is -2.72. The normalized spacial score (nSPS) is 19.5. The number of hydrogen-bond acceptors (Lipinski definition) is 4. The van der Waals surface area contributed by atoms with Gasteiger partial charge in [-0.1, -0.05) is 11.6 Å². The van der Waals surface area contributed by atoms with Crippen LogP contribution in [0.15, 0.2) is 36.5 Å². The predicted octanol–water partition coefficient (Wildman–Crippen LogP) is 2.68. The second-order valence-corrected chi connectivity index (χ2v) is 6.86. The molecule has 1 atom stereocenters. The lowest BCUT2D eigenvalue weighted by Gasteiger charge is -2.21. The minimum atomic E-state index is -4.64. The van der Waals surface area contributed by atoms with Crippen LogP contribution in [0.4, 0.5) is 23.4 Å². The van der Waals surface area contributed by atoms with Crippen molar-refractivity contribution in [2.24, 2.45) is 0 Å². The van der Waals surface area contributed by atoms with E-state index < -0.39 is 35.0 Å². The Balaban J connectivity index is 1.74. The van der Waals surface area contributed by atoms with Crippen molar-refractivity contribution in [2.45, 2.75) is 24.7 Å². The number of anilines is 1. The van der Waals surface area contributed by atoms with Crippen molar-refractivity contribution < 1.29 is 32.3 Å². The smallest absolute Gasteiger partial charge is 0.372 e. The van der Waals surface area contributed by atoms with Crippen LogP contribution in [-0.2, 0) is 22.3 Å². The number of rotatable bonds is 4. The van der Waals surface area contributed by atoms with Crippen LogP contribution in [0.2, 0.25) is 5.02 Å². The van der Waals surface area contributed by atoms with Crippen molar-refractivity contribution in [2.75, 3.05) is 11.4 Å². The predicted molar refractivity (Wildman–Crippen MR) is 94.4 cm³/mol. The fourth-order valence-corrected chi connectivity index (χ4v) is 3.16. The van der Waals surface area contributed by atoms with Gasteiger partial charge in [0.2, 0.25) is 5.60 Å². The maximum absolute atomic E-state index is 13.4. The second-order valence-electron chi connectivity index (χ2n) is 6.43. The summed E-state index contributed by atoms with van der Waals surface area (Å²) in [5.74, 6) is -3.11. The Morgan fingerprint density at radius 2 is 2.03 bits per heavy atom. The maximum Gasteiger partial charge on any atom is 0.416 e. The second kappa shape index (κ2) is 7.60. The summed E-state index contributed by atoms with van der Waals surface area (Å²) in [6.45, 7) is -0.420. The van der Waals surface area contributed by atoms with Gasteiger partial charge in [-0.25, -0.2) is 9.37 Å².